The number of hydrogen-bond acceptors (Lipinski definition) is 5. The summed E-state index contributed by atoms with van der Waals surface area (Å²) in [6.07, 6.45) is 1.80. The number of benzene rings is 3. The third-order valence-electron chi connectivity index (χ3n) is 5.89. The van der Waals surface area contributed by atoms with Crippen LogP contribution in [0, 0.1) is 27.7 Å². The average Bonchev–Trinajstić information content (AvgIpc) is 3.36. The zero-order valence-corrected chi connectivity index (χ0v) is 20.9. The van der Waals surface area contributed by atoms with Crippen LogP contribution in [0.4, 0.5) is 11.4 Å². The second kappa shape index (κ2) is 8.85. The number of fused-ring (bicyclic) bond motifs is 1. The lowest BCUT2D eigenvalue weighted by Gasteiger charge is -2.21. The van der Waals surface area contributed by atoms with Crippen molar-refractivity contribution in [3.05, 3.63) is 86.3 Å². The van der Waals surface area contributed by atoms with Crippen LogP contribution in [0.1, 0.15) is 27.8 Å². The van der Waals surface area contributed by atoms with E-state index in [0.717, 1.165) is 33.6 Å². The van der Waals surface area contributed by atoms with Gasteiger partial charge in [0.25, 0.3) is 5.91 Å². The van der Waals surface area contributed by atoms with Crippen LogP contribution in [0.3, 0.4) is 0 Å². The first kappa shape index (κ1) is 22.6. The molecule has 5 nitrogen and oxygen atoms in total. The van der Waals surface area contributed by atoms with Crippen LogP contribution in [0.25, 0.3) is 6.08 Å². The molecule has 0 aliphatic carbocycles. The molecule has 172 valence electrons. The van der Waals surface area contributed by atoms with Crippen molar-refractivity contribution in [3.63, 3.8) is 0 Å². The fraction of sp³-hybridized carbons (Fsp3) is 0.185. The number of para-hydroxylation sites is 2. The lowest BCUT2D eigenvalue weighted by Crippen LogP contribution is -2.30. The fourth-order valence-corrected chi connectivity index (χ4v) is 5.34. The zero-order chi connectivity index (χ0) is 24.0. The molecule has 0 bridgehead atoms. The van der Waals surface area contributed by atoms with E-state index in [4.69, 9.17) is 26.1 Å². The van der Waals surface area contributed by atoms with Crippen molar-refractivity contribution in [1.29, 1.82) is 0 Å². The first-order valence-electron chi connectivity index (χ1n) is 10.9. The Morgan fingerprint density at radius 3 is 2.18 bits per heavy atom. The van der Waals surface area contributed by atoms with E-state index in [1.165, 1.54) is 11.8 Å². The maximum absolute atomic E-state index is 13.8. The van der Waals surface area contributed by atoms with Gasteiger partial charge in [0.2, 0.25) is 6.79 Å². The van der Waals surface area contributed by atoms with Crippen molar-refractivity contribution >= 4 is 51.9 Å². The molecular formula is C27H23ClN2O3S. The molecule has 1 fully saturated rings. The van der Waals surface area contributed by atoms with E-state index >= 15 is 0 Å². The van der Waals surface area contributed by atoms with Gasteiger partial charge in [-0.2, -0.15) is 0 Å². The highest BCUT2D eigenvalue weighted by molar-refractivity contribution is 8.19. The van der Waals surface area contributed by atoms with Gasteiger partial charge in [-0.05, 0) is 79.4 Å². The minimum atomic E-state index is -0.138. The van der Waals surface area contributed by atoms with Crippen LogP contribution >= 0.6 is 23.4 Å². The molecule has 0 N–H and O–H groups in total. The number of halogens is 1. The summed E-state index contributed by atoms with van der Waals surface area (Å²) in [7, 11) is 0. The van der Waals surface area contributed by atoms with Gasteiger partial charge in [-0.3, -0.25) is 9.69 Å². The SMILES string of the molecule is Cc1cccc(C)c1N=C1S/C(=C/c2cc3c(cc2Cl)OCO3)C(=O)N1c1c(C)cccc1C. The van der Waals surface area contributed by atoms with Crippen molar-refractivity contribution in [3.8, 4) is 11.5 Å². The molecule has 0 saturated carbocycles. The Hall–Kier alpha value is -3.22. The number of carbonyl (C=O) groups is 1. The Bertz CT molecular complexity index is 1360. The highest BCUT2D eigenvalue weighted by Gasteiger charge is 2.36. The van der Waals surface area contributed by atoms with Gasteiger partial charge in [0.15, 0.2) is 16.7 Å². The molecular weight excluding hydrogens is 468 g/mol. The summed E-state index contributed by atoms with van der Waals surface area (Å²) in [5, 5.41) is 1.10. The number of amidine groups is 1. The Labute approximate surface area is 208 Å². The molecule has 0 unspecified atom stereocenters. The molecule has 7 heteroatoms. The molecule has 3 aromatic rings. The molecule has 0 aromatic heterocycles. The van der Waals surface area contributed by atoms with E-state index in [-0.39, 0.29) is 12.7 Å². The summed E-state index contributed by atoms with van der Waals surface area (Å²) in [6.45, 7) is 8.23. The van der Waals surface area contributed by atoms with Gasteiger partial charge in [0, 0.05) is 6.07 Å². The number of aliphatic imine (C=N–C) groups is 1. The van der Waals surface area contributed by atoms with Gasteiger partial charge in [0.05, 0.1) is 21.3 Å². The lowest BCUT2D eigenvalue weighted by atomic mass is 10.1. The molecule has 3 aromatic carbocycles. The third kappa shape index (κ3) is 3.97. The molecule has 0 atom stereocenters. The smallest absolute Gasteiger partial charge is 0.271 e. The topological polar surface area (TPSA) is 51.1 Å². The van der Waals surface area contributed by atoms with Crippen molar-refractivity contribution in [2.45, 2.75) is 27.7 Å². The minimum absolute atomic E-state index is 0.138. The van der Waals surface area contributed by atoms with Crippen molar-refractivity contribution in [1.82, 2.24) is 0 Å². The van der Waals surface area contributed by atoms with E-state index in [2.05, 4.69) is 0 Å². The maximum atomic E-state index is 13.8. The molecule has 2 aliphatic rings. The Kier molecular flexibility index (Phi) is 5.88. The molecule has 5 rings (SSSR count). The summed E-state index contributed by atoms with van der Waals surface area (Å²) >= 11 is 7.85. The largest absolute Gasteiger partial charge is 0.454 e. The van der Waals surface area contributed by atoms with Crippen molar-refractivity contribution < 1.29 is 14.3 Å². The summed E-state index contributed by atoms with van der Waals surface area (Å²) in [5.74, 6) is 1.08. The minimum Gasteiger partial charge on any atom is -0.454 e. The molecule has 0 radical (unpaired) electrons. The van der Waals surface area contributed by atoms with Crippen LogP contribution in [-0.2, 0) is 4.79 Å². The molecule has 2 heterocycles. The first-order valence-corrected chi connectivity index (χ1v) is 12.1. The monoisotopic (exact) mass is 490 g/mol. The highest BCUT2D eigenvalue weighted by atomic mass is 35.5. The summed E-state index contributed by atoms with van der Waals surface area (Å²) in [6, 6.07) is 15.6. The summed E-state index contributed by atoms with van der Waals surface area (Å²) in [5.41, 5.74) is 6.53. The molecule has 0 spiro atoms. The second-order valence-electron chi connectivity index (χ2n) is 8.35. The number of amides is 1. The van der Waals surface area contributed by atoms with E-state index in [0.29, 0.717) is 32.2 Å². The normalized spacial score (nSPS) is 17.3. The number of nitrogens with zero attached hydrogens (tertiary/aromatic N) is 2. The summed E-state index contributed by atoms with van der Waals surface area (Å²) in [4.78, 5) is 21.0. The van der Waals surface area contributed by atoms with E-state index in [9.17, 15) is 4.79 Å². The van der Waals surface area contributed by atoms with Crippen LogP contribution in [0.5, 0.6) is 11.5 Å². The number of thioether (sulfide) groups is 1. The number of hydrogen-bond donors (Lipinski definition) is 0. The Balaban J connectivity index is 1.66. The summed E-state index contributed by atoms with van der Waals surface area (Å²) < 4.78 is 10.9. The second-order valence-corrected chi connectivity index (χ2v) is 9.77. The van der Waals surface area contributed by atoms with Crippen LogP contribution < -0.4 is 14.4 Å². The highest BCUT2D eigenvalue weighted by Crippen LogP contribution is 2.43. The van der Waals surface area contributed by atoms with Gasteiger partial charge < -0.3 is 9.47 Å². The third-order valence-corrected chi connectivity index (χ3v) is 7.19. The van der Waals surface area contributed by atoms with Gasteiger partial charge >= 0.3 is 0 Å². The van der Waals surface area contributed by atoms with Gasteiger partial charge in [0.1, 0.15) is 0 Å². The predicted octanol–water partition coefficient (Wildman–Crippen LogP) is 7.11. The van der Waals surface area contributed by atoms with Gasteiger partial charge in [-0.1, -0.05) is 48.0 Å². The Morgan fingerprint density at radius 2 is 1.53 bits per heavy atom. The Morgan fingerprint density at radius 1 is 0.941 bits per heavy atom. The molecule has 2 aliphatic heterocycles. The van der Waals surface area contributed by atoms with Gasteiger partial charge in [-0.25, -0.2) is 4.99 Å². The lowest BCUT2D eigenvalue weighted by molar-refractivity contribution is -0.113. The number of ether oxygens (including phenoxy) is 2. The number of anilines is 1. The van der Waals surface area contributed by atoms with E-state index in [1.807, 2.05) is 64.1 Å². The van der Waals surface area contributed by atoms with E-state index < -0.39 is 0 Å². The average molecular weight is 491 g/mol. The van der Waals surface area contributed by atoms with Crippen LogP contribution in [-0.4, -0.2) is 17.9 Å². The zero-order valence-electron chi connectivity index (χ0n) is 19.3. The quantitative estimate of drug-likeness (QED) is 0.367. The maximum Gasteiger partial charge on any atom is 0.271 e. The van der Waals surface area contributed by atoms with Crippen LogP contribution in [0.15, 0.2) is 58.4 Å². The standard InChI is InChI=1S/C27H23ClN2O3S/c1-15-7-5-8-16(2)24(15)29-27-30(25-17(3)9-6-10-18(25)4)26(31)23(34-27)12-19-11-21-22(13-20(19)28)33-14-32-21/h5-13H,14H2,1-4H3/b23-12+,29-27?. The molecule has 34 heavy (non-hydrogen) atoms. The van der Waals surface area contributed by atoms with Crippen molar-refractivity contribution in [2.24, 2.45) is 4.99 Å². The van der Waals surface area contributed by atoms with Crippen LogP contribution in [0.2, 0.25) is 5.02 Å². The predicted molar refractivity (Wildman–Crippen MR) is 140 cm³/mol. The van der Waals surface area contributed by atoms with Crippen molar-refractivity contribution in [2.75, 3.05) is 11.7 Å². The number of aryl methyl sites for hydroxylation is 4. The molecule has 1 amide bonds. The molecule has 1 saturated heterocycles. The van der Waals surface area contributed by atoms with Gasteiger partial charge in [-0.15, -0.1) is 0 Å². The first-order chi connectivity index (χ1) is 16.3. The fourth-order valence-electron chi connectivity index (χ4n) is 4.17. The number of carbonyl (C=O) groups excluding carboxylic acids is 1. The van der Waals surface area contributed by atoms with E-state index in [1.54, 1.807) is 23.1 Å². The number of rotatable bonds is 3.